The molecule has 0 aliphatic carbocycles. The molecule has 0 saturated carbocycles. The lowest BCUT2D eigenvalue weighted by Crippen LogP contribution is -2.34. The van der Waals surface area contributed by atoms with Crippen molar-refractivity contribution in [3.63, 3.8) is 0 Å². The molecule has 24 heavy (non-hydrogen) atoms. The van der Waals surface area contributed by atoms with E-state index < -0.39 is 6.10 Å². The standard InChI is InChI=1S/C20H21NO3/c1-20(2,3)21-12-16-18(23)15-6-4-5-7-17(15)24-19(16)13-8-10-14(22)11-9-13/h4-12,19,21-22H,1-3H3/b16-12+. The Kier molecular flexibility index (Phi) is 4.06. The van der Waals surface area contributed by atoms with Crippen LogP contribution in [0.3, 0.4) is 0 Å². The van der Waals surface area contributed by atoms with Gasteiger partial charge < -0.3 is 15.2 Å². The average molecular weight is 323 g/mol. The van der Waals surface area contributed by atoms with E-state index in [1.165, 1.54) is 0 Å². The van der Waals surface area contributed by atoms with E-state index in [1.807, 2.05) is 32.9 Å². The summed E-state index contributed by atoms with van der Waals surface area (Å²) >= 11 is 0. The molecule has 0 saturated heterocycles. The van der Waals surface area contributed by atoms with Crippen molar-refractivity contribution in [2.75, 3.05) is 0 Å². The van der Waals surface area contributed by atoms with Gasteiger partial charge in [-0.15, -0.1) is 0 Å². The lowest BCUT2D eigenvalue weighted by atomic mass is 9.91. The van der Waals surface area contributed by atoms with E-state index in [2.05, 4.69) is 5.32 Å². The molecule has 1 aliphatic heterocycles. The van der Waals surface area contributed by atoms with Crippen molar-refractivity contribution in [2.24, 2.45) is 0 Å². The largest absolute Gasteiger partial charge is 0.508 e. The molecule has 124 valence electrons. The Morgan fingerprint density at radius 2 is 1.75 bits per heavy atom. The Morgan fingerprint density at radius 3 is 2.42 bits per heavy atom. The van der Waals surface area contributed by atoms with Gasteiger partial charge in [-0.3, -0.25) is 4.79 Å². The number of phenolic OH excluding ortho intramolecular Hbond substituents is 1. The van der Waals surface area contributed by atoms with E-state index in [1.54, 1.807) is 42.6 Å². The zero-order valence-electron chi connectivity index (χ0n) is 14.0. The van der Waals surface area contributed by atoms with Crippen LogP contribution in [0.1, 0.15) is 42.8 Å². The van der Waals surface area contributed by atoms with Crippen molar-refractivity contribution < 1.29 is 14.6 Å². The first-order valence-corrected chi connectivity index (χ1v) is 7.92. The number of hydrogen-bond acceptors (Lipinski definition) is 4. The summed E-state index contributed by atoms with van der Waals surface area (Å²) in [5.74, 6) is 0.708. The highest BCUT2D eigenvalue weighted by molar-refractivity contribution is 6.12. The summed E-state index contributed by atoms with van der Waals surface area (Å²) in [6.07, 6.45) is 1.23. The highest BCUT2D eigenvalue weighted by atomic mass is 16.5. The molecule has 2 aromatic rings. The van der Waals surface area contributed by atoms with Gasteiger partial charge in [-0.05, 0) is 50.6 Å². The summed E-state index contributed by atoms with van der Waals surface area (Å²) in [6.45, 7) is 6.09. The van der Waals surface area contributed by atoms with Crippen LogP contribution in [0.5, 0.6) is 11.5 Å². The monoisotopic (exact) mass is 323 g/mol. The molecule has 4 heteroatoms. The minimum absolute atomic E-state index is 0.0494. The van der Waals surface area contributed by atoms with Crippen LogP contribution in [0.2, 0.25) is 0 Å². The Bertz CT molecular complexity index is 785. The maximum atomic E-state index is 12.9. The van der Waals surface area contributed by atoms with Crippen LogP contribution >= 0.6 is 0 Å². The van der Waals surface area contributed by atoms with E-state index in [9.17, 15) is 9.90 Å². The number of fused-ring (bicyclic) bond motifs is 1. The first-order chi connectivity index (χ1) is 11.3. The van der Waals surface area contributed by atoms with E-state index in [0.29, 0.717) is 16.9 Å². The zero-order valence-corrected chi connectivity index (χ0v) is 14.0. The van der Waals surface area contributed by atoms with E-state index in [4.69, 9.17) is 4.74 Å². The Labute approximate surface area is 141 Å². The topological polar surface area (TPSA) is 58.6 Å². The quantitative estimate of drug-likeness (QED) is 0.821. The number of ether oxygens (including phenoxy) is 1. The number of phenols is 1. The molecule has 3 rings (SSSR count). The van der Waals surface area contributed by atoms with Crippen molar-refractivity contribution in [3.8, 4) is 11.5 Å². The predicted octanol–water partition coefficient (Wildman–Crippen LogP) is 3.98. The number of Topliss-reactive ketones (excluding diaryl/α,β-unsaturated/α-hetero) is 1. The molecule has 0 bridgehead atoms. The summed E-state index contributed by atoms with van der Waals surface area (Å²) in [7, 11) is 0. The number of carbonyl (C=O) groups excluding carboxylic acids is 1. The molecule has 1 unspecified atom stereocenters. The second-order valence-electron chi connectivity index (χ2n) is 6.91. The van der Waals surface area contributed by atoms with E-state index in [-0.39, 0.29) is 17.1 Å². The van der Waals surface area contributed by atoms with Gasteiger partial charge in [0.1, 0.15) is 11.5 Å². The third-order valence-electron chi connectivity index (χ3n) is 3.78. The number of para-hydroxylation sites is 1. The van der Waals surface area contributed by atoms with Crippen LogP contribution in [-0.2, 0) is 0 Å². The van der Waals surface area contributed by atoms with Gasteiger partial charge in [0.05, 0.1) is 11.1 Å². The van der Waals surface area contributed by atoms with Crippen molar-refractivity contribution in [1.29, 1.82) is 0 Å². The van der Waals surface area contributed by atoms with Gasteiger partial charge in [-0.1, -0.05) is 24.3 Å². The fourth-order valence-corrected chi connectivity index (χ4v) is 2.55. The highest BCUT2D eigenvalue weighted by Crippen LogP contribution is 2.38. The first kappa shape index (κ1) is 16.1. The van der Waals surface area contributed by atoms with Crippen LogP contribution in [0, 0.1) is 0 Å². The van der Waals surface area contributed by atoms with Gasteiger partial charge in [-0.25, -0.2) is 0 Å². The Balaban J connectivity index is 2.06. The average Bonchev–Trinajstić information content (AvgIpc) is 2.54. The molecule has 4 nitrogen and oxygen atoms in total. The van der Waals surface area contributed by atoms with Crippen LogP contribution < -0.4 is 10.1 Å². The van der Waals surface area contributed by atoms with Gasteiger partial charge in [0.15, 0.2) is 11.9 Å². The lowest BCUT2D eigenvalue weighted by Gasteiger charge is -2.29. The number of benzene rings is 2. The molecular weight excluding hydrogens is 302 g/mol. The number of aromatic hydroxyl groups is 1. The number of hydrogen-bond donors (Lipinski definition) is 2. The fourth-order valence-electron chi connectivity index (χ4n) is 2.55. The van der Waals surface area contributed by atoms with E-state index >= 15 is 0 Å². The molecule has 0 radical (unpaired) electrons. The van der Waals surface area contributed by atoms with Crippen LogP contribution in [-0.4, -0.2) is 16.4 Å². The van der Waals surface area contributed by atoms with Crippen LogP contribution in [0.25, 0.3) is 0 Å². The summed E-state index contributed by atoms with van der Waals surface area (Å²) in [6, 6.07) is 14.0. The number of ketones is 1. The van der Waals surface area contributed by atoms with Gasteiger partial charge in [-0.2, -0.15) is 0 Å². The van der Waals surface area contributed by atoms with Gasteiger partial charge in [0.25, 0.3) is 0 Å². The molecule has 0 fully saturated rings. The molecule has 1 aliphatic rings. The minimum atomic E-state index is -0.511. The van der Waals surface area contributed by atoms with Crippen molar-refractivity contribution in [3.05, 3.63) is 71.4 Å². The minimum Gasteiger partial charge on any atom is -0.508 e. The molecule has 0 amide bonds. The van der Waals surface area contributed by atoms with Gasteiger partial charge >= 0.3 is 0 Å². The third-order valence-corrected chi connectivity index (χ3v) is 3.78. The van der Waals surface area contributed by atoms with Crippen molar-refractivity contribution in [1.82, 2.24) is 5.32 Å². The second kappa shape index (κ2) is 6.04. The Morgan fingerprint density at radius 1 is 1.08 bits per heavy atom. The number of rotatable bonds is 2. The third kappa shape index (κ3) is 3.27. The van der Waals surface area contributed by atoms with E-state index in [0.717, 1.165) is 5.56 Å². The predicted molar refractivity (Wildman–Crippen MR) is 93.2 cm³/mol. The fraction of sp³-hybridized carbons (Fsp3) is 0.250. The zero-order chi connectivity index (χ0) is 17.3. The number of nitrogens with one attached hydrogen (secondary N) is 1. The smallest absolute Gasteiger partial charge is 0.198 e. The first-order valence-electron chi connectivity index (χ1n) is 7.92. The SMILES string of the molecule is CC(C)(C)N/C=C1\C(=O)c2ccccc2OC1c1ccc(O)cc1. The number of carbonyl (C=O) groups is 1. The molecule has 0 spiro atoms. The summed E-state index contributed by atoms with van der Waals surface area (Å²) in [5.41, 5.74) is 1.77. The van der Waals surface area contributed by atoms with Gasteiger partial charge in [0, 0.05) is 11.7 Å². The summed E-state index contributed by atoms with van der Waals surface area (Å²) in [5, 5.41) is 12.8. The second-order valence-corrected chi connectivity index (χ2v) is 6.91. The maximum Gasteiger partial charge on any atom is 0.198 e. The molecule has 2 N–H and O–H groups in total. The lowest BCUT2D eigenvalue weighted by molar-refractivity contribution is 0.0959. The Hall–Kier alpha value is -2.75. The molecular formula is C20H21NO3. The molecule has 1 heterocycles. The normalized spacial score (nSPS) is 18.9. The van der Waals surface area contributed by atoms with Crippen molar-refractivity contribution in [2.45, 2.75) is 32.4 Å². The van der Waals surface area contributed by atoms with Crippen LogP contribution in [0.15, 0.2) is 60.3 Å². The summed E-state index contributed by atoms with van der Waals surface area (Å²) < 4.78 is 6.10. The molecule has 1 atom stereocenters. The molecule has 0 aromatic heterocycles. The van der Waals surface area contributed by atoms with Crippen molar-refractivity contribution >= 4 is 5.78 Å². The summed E-state index contributed by atoms with van der Waals surface area (Å²) in [4.78, 5) is 12.9. The maximum absolute atomic E-state index is 12.9. The van der Waals surface area contributed by atoms with Crippen LogP contribution in [0.4, 0.5) is 0 Å². The highest BCUT2D eigenvalue weighted by Gasteiger charge is 2.33. The van der Waals surface area contributed by atoms with Gasteiger partial charge in [0.2, 0.25) is 0 Å². The molecule has 2 aromatic carbocycles.